The number of guanidine groups is 3. The SMILES string of the molecule is CC(N)=NCCCC(CC(=O)C(CCCN=C(N)N)NC(=O)C1CSSC(C)(C)CNC(=O)CC(NC(=O)C(N)Cc2ccc(O)cc2)C(=O)CCC(=O)NC(Cc2ccccc2)C(=O)C1)C(=O)O.CC1(C)CNC(=O)CC(C(=O)NC(CCCN=C(N)N)C(=O)CC(CCCN=C(N)N)C(=O)O)CC(=O)C(Cc2ccccc2)NC(=O)CCC(=O)C(NC(=O)C(N)Cc2ccc(O)cc2)CSS1. The number of rotatable bonds is 40. The van der Waals surface area contributed by atoms with Crippen LogP contribution in [-0.2, 0) is 102 Å². The number of carbonyl (C=O) groups excluding carboxylic acids is 14. The summed E-state index contributed by atoms with van der Waals surface area (Å²) in [7, 11) is 5.15. The Morgan fingerprint density at radius 3 is 1.20 bits per heavy atom. The lowest BCUT2D eigenvalue weighted by molar-refractivity contribution is -0.145. The van der Waals surface area contributed by atoms with E-state index >= 15 is 0 Å². The number of benzene rings is 4. The number of Topliss-reactive ketones (excluding diaryl/α,β-unsaturated/α-hetero) is 6. The lowest BCUT2D eigenvalue weighted by Gasteiger charge is -2.27. The Labute approximate surface area is 818 Å². The summed E-state index contributed by atoms with van der Waals surface area (Å²) in [5.74, 6) is -15.6. The van der Waals surface area contributed by atoms with Gasteiger partial charge in [-0.1, -0.05) is 128 Å². The fourth-order valence-corrected chi connectivity index (χ4v) is 19.7. The molecule has 41 nitrogen and oxygen atoms in total. The van der Waals surface area contributed by atoms with Gasteiger partial charge in [-0.05, 0) is 158 Å². The van der Waals surface area contributed by atoms with Crippen molar-refractivity contribution in [1.29, 1.82) is 0 Å². The average Bonchev–Trinajstić information content (AvgIpc) is 0.834. The minimum Gasteiger partial charge on any atom is -0.508 e. The summed E-state index contributed by atoms with van der Waals surface area (Å²) in [6.07, 6.45) is -2.70. The molecule has 756 valence electrons. The van der Waals surface area contributed by atoms with Gasteiger partial charge in [0.15, 0.2) is 52.6 Å². The number of amidine groups is 1. The van der Waals surface area contributed by atoms with Crippen molar-refractivity contribution in [3.05, 3.63) is 131 Å². The molecule has 0 radical (unpaired) electrons. The zero-order valence-corrected chi connectivity index (χ0v) is 81.7. The number of phenolic OH excluding ortho intramolecular Hbond substituents is 2. The van der Waals surface area contributed by atoms with Crippen molar-refractivity contribution in [2.75, 3.05) is 50.8 Å². The molecule has 4 aromatic rings. The molecule has 2 aliphatic heterocycles. The molecule has 2 fully saturated rings. The summed E-state index contributed by atoms with van der Waals surface area (Å²) >= 11 is 0. The molecular formula is C93H135N21O20S4. The van der Waals surface area contributed by atoms with Crippen LogP contribution in [0.25, 0.3) is 0 Å². The van der Waals surface area contributed by atoms with Crippen molar-refractivity contribution < 1.29 is 97.1 Å². The second-order valence-corrected chi connectivity index (χ2v) is 41.2. The van der Waals surface area contributed by atoms with E-state index in [4.69, 9.17) is 51.6 Å². The van der Waals surface area contributed by atoms with E-state index < -0.39 is 220 Å². The fourth-order valence-electron chi connectivity index (χ4n) is 14.3. The summed E-state index contributed by atoms with van der Waals surface area (Å²) in [4.78, 5) is 234. The fraction of sp³-hybridized carbons (Fsp3) is 0.527. The highest BCUT2D eigenvalue weighted by atomic mass is 33.1. The molecule has 0 aliphatic carbocycles. The Morgan fingerprint density at radius 2 is 0.797 bits per heavy atom. The van der Waals surface area contributed by atoms with Crippen LogP contribution in [0.4, 0.5) is 0 Å². The molecule has 0 saturated carbocycles. The van der Waals surface area contributed by atoms with E-state index in [1.807, 2.05) is 27.7 Å². The Balaban J connectivity index is 0.000000487. The Morgan fingerprint density at radius 1 is 0.435 bits per heavy atom. The van der Waals surface area contributed by atoms with Gasteiger partial charge in [-0.25, -0.2) is 0 Å². The van der Waals surface area contributed by atoms with E-state index in [1.54, 1.807) is 91.9 Å². The quantitative estimate of drug-likeness (QED) is 0.0131. The Bertz CT molecular complexity index is 4870. The number of aliphatic imine (C=N–C) groups is 4. The molecule has 12 unspecified atom stereocenters. The van der Waals surface area contributed by atoms with Gasteiger partial charge in [-0.3, -0.25) is 96.7 Å². The lowest BCUT2D eigenvalue weighted by Crippen LogP contribution is -2.51. The van der Waals surface area contributed by atoms with E-state index in [-0.39, 0.29) is 170 Å². The first-order valence-corrected chi connectivity index (χ1v) is 50.0. The standard InChI is InChI=1S/C47H68N10O10S2.C46H67N11O10S2/c1-28(48)52-19-7-11-31(45(66)67)23-39(60)35(12-8-20-53-46(50)51)56-43(64)32-24-40(61)36(22-29-9-5-4-6-10-29)55-41(62)18-17-38(59)37(25-42(63)54-27-47(2,3)69-68-26-32)57-44(65)34(49)21-30-13-15-33(58)16-14-30;1-46(2)26-54-40(63)24-30(41(64)56-33(11-7-19-53-45(50)51)37(60)22-29(43(66)67)10-6-18-52-44(48)49)23-38(61)34(21-27-8-4-3-5-9-27)55-39(62)17-16-36(59)35(25-68-69-46)57-42(65)32(47)20-28-12-14-31(58)15-13-28/h4-6,9-10,13-16,31-32,34-37,58H,7-8,11-12,17-27,49H2,1-3H3,(H2,48,52)(H,54,63)(H,55,62)(H,56,64)(H,57,65)(H,66,67)(H4,50,51,53);3-5,8-9,12-15,29-30,32-35,58H,6-7,10-11,16-26,47H2,1-2H3,(H,54,63)(H,55,62)(H,56,64)(H,57,65)(H,66,67)(H4,48,49,52)(H4,50,51,53). The second-order valence-electron chi connectivity index (χ2n) is 35.1. The van der Waals surface area contributed by atoms with E-state index in [0.29, 0.717) is 34.5 Å². The number of aromatic hydroxyl groups is 2. The molecule has 8 amide bonds. The van der Waals surface area contributed by atoms with Crippen molar-refractivity contribution in [3.8, 4) is 11.5 Å². The number of nitrogens with two attached hydrogens (primary N) is 9. The number of amides is 8. The number of hydrogen-bond acceptors (Lipinski definition) is 28. The number of nitrogens with zero attached hydrogens (tertiary/aromatic N) is 4. The highest BCUT2D eigenvalue weighted by molar-refractivity contribution is 8.77. The minimum atomic E-state index is -1.36. The molecular weight excluding hydrogens is 1860 g/mol. The molecule has 12 atom stereocenters. The number of aliphatic carboxylic acids is 2. The first-order chi connectivity index (χ1) is 65.2. The molecule has 45 heteroatoms. The van der Waals surface area contributed by atoms with Crippen LogP contribution in [0.5, 0.6) is 11.5 Å². The topological polar surface area (TPSA) is 734 Å². The highest BCUT2D eigenvalue weighted by Crippen LogP contribution is 2.38. The van der Waals surface area contributed by atoms with Crippen LogP contribution in [-0.4, -0.2) is 247 Å². The molecule has 138 heavy (non-hydrogen) atoms. The van der Waals surface area contributed by atoms with E-state index in [0.717, 1.165) is 0 Å². The van der Waals surface area contributed by atoms with Crippen LogP contribution in [0.3, 0.4) is 0 Å². The molecule has 4 aromatic carbocycles. The van der Waals surface area contributed by atoms with Crippen LogP contribution < -0.4 is 94.1 Å². The highest BCUT2D eigenvalue weighted by Gasteiger charge is 2.39. The van der Waals surface area contributed by atoms with Crippen LogP contribution in [0, 0.1) is 23.7 Å². The van der Waals surface area contributed by atoms with Crippen LogP contribution in [0.1, 0.15) is 172 Å². The summed E-state index contributed by atoms with van der Waals surface area (Å²) in [6, 6.07) is 20.6. The molecule has 0 bridgehead atoms. The first-order valence-electron chi connectivity index (χ1n) is 45.4. The van der Waals surface area contributed by atoms with E-state index in [1.165, 1.54) is 67.4 Å². The van der Waals surface area contributed by atoms with Crippen LogP contribution in [0.2, 0.25) is 0 Å². The van der Waals surface area contributed by atoms with E-state index in [9.17, 15) is 97.1 Å². The molecule has 6 rings (SSSR count). The smallest absolute Gasteiger partial charge is 0.306 e. The number of carboxylic acid groups (broad SMARTS) is 2. The summed E-state index contributed by atoms with van der Waals surface area (Å²) < 4.78 is -1.36. The zero-order valence-electron chi connectivity index (χ0n) is 78.5. The Hall–Kier alpha value is -12.2. The number of ketones is 6. The number of nitrogens with one attached hydrogen (secondary N) is 8. The molecule has 2 saturated heterocycles. The van der Waals surface area contributed by atoms with Gasteiger partial charge in [-0.15, -0.1) is 0 Å². The maximum Gasteiger partial charge on any atom is 0.306 e. The number of carboxylic acids is 2. The summed E-state index contributed by atoms with van der Waals surface area (Å²) in [6.45, 7) is 9.75. The van der Waals surface area contributed by atoms with Crippen molar-refractivity contribution in [2.45, 2.75) is 234 Å². The number of hydrogen-bond donors (Lipinski definition) is 21. The molecule has 0 aromatic heterocycles. The second kappa shape index (κ2) is 60.5. The number of phenols is 2. The van der Waals surface area contributed by atoms with Crippen molar-refractivity contribution >= 4 is 161 Å². The summed E-state index contributed by atoms with van der Waals surface area (Å²) in [5.41, 5.74) is 53.4. The van der Waals surface area contributed by atoms with Crippen LogP contribution >= 0.6 is 43.2 Å². The van der Waals surface area contributed by atoms with Gasteiger partial charge in [0.2, 0.25) is 47.3 Å². The minimum absolute atomic E-state index is 0.00872. The van der Waals surface area contributed by atoms with Gasteiger partial charge in [0.25, 0.3) is 0 Å². The first kappa shape index (κ1) is 116. The third-order valence-electron chi connectivity index (χ3n) is 22.0. The average molecular weight is 2000 g/mol. The zero-order chi connectivity index (χ0) is 102. The maximum absolute atomic E-state index is 14.4. The van der Waals surface area contributed by atoms with Gasteiger partial charge in [0.1, 0.15) is 11.5 Å². The Kier molecular flexibility index (Phi) is 51.0. The molecule has 0 spiro atoms. The van der Waals surface area contributed by atoms with Gasteiger partial charge >= 0.3 is 11.9 Å². The predicted octanol–water partition coefficient (Wildman–Crippen LogP) is 1.77. The summed E-state index contributed by atoms with van der Waals surface area (Å²) in [5, 5.41) is 61.1. The van der Waals surface area contributed by atoms with Gasteiger partial charge < -0.3 is 115 Å². The number of carbonyl (C=O) groups is 16. The monoisotopic (exact) mass is 1990 g/mol. The maximum atomic E-state index is 14.4. The molecule has 30 N–H and O–H groups in total. The molecule has 2 heterocycles. The molecule has 2 aliphatic rings. The van der Waals surface area contributed by atoms with Crippen molar-refractivity contribution in [2.24, 2.45) is 95.2 Å². The van der Waals surface area contributed by atoms with Gasteiger partial charge in [-0.2, -0.15) is 0 Å². The normalized spacial score (nSPS) is 19.9. The predicted molar refractivity (Wildman–Crippen MR) is 532 cm³/mol. The van der Waals surface area contributed by atoms with Gasteiger partial charge in [0, 0.05) is 118 Å². The van der Waals surface area contributed by atoms with E-state index in [2.05, 4.69) is 62.5 Å². The van der Waals surface area contributed by atoms with Crippen LogP contribution in [0.15, 0.2) is 129 Å². The van der Waals surface area contributed by atoms with Crippen molar-refractivity contribution in [3.63, 3.8) is 0 Å². The lowest BCUT2D eigenvalue weighted by atomic mass is 9.90. The third kappa shape index (κ3) is 46.8. The largest absolute Gasteiger partial charge is 0.508 e. The van der Waals surface area contributed by atoms with Crippen molar-refractivity contribution in [1.82, 2.24) is 42.5 Å². The third-order valence-corrected chi connectivity index (χ3v) is 28.7. The van der Waals surface area contributed by atoms with Gasteiger partial charge in [0.05, 0.1) is 84.3 Å².